The van der Waals surface area contributed by atoms with Crippen molar-refractivity contribution in [2.75, 3.05) is 22.9 Å². The molecule has 0 atom stereocenters. The van der Waals surface area contributed by atoms with Crippen LogP contribution in [0.3, 0.4) is 0 Å². The van der Waals surface area contributed by atoms with E-state index in [1.807, 2.05) is 18.2 Å². The highest BCUT2D eigenvalue weighted by Gasteiger charge is 2.17. The molecular formula is C19H19N3O2. The lowest BCUT2D eigenvalue weighted by Crippen LogP contribution is -2.29. The molecule has 2 aromatic rings. The van der Waals surface area contributed by atoms with Gasteiger partial charge in [0.15, 0.2) is 0 Å². The SMILES string of the molecule is CCN(CC)c1ccc(N(C=O)C(=O)c2ccc(C#N)cc2)cc1. The van der Waals surface area contributed by atoms with Gasteiger partial charge in [-0.05, 0) is 62.4 Å². The van der Waals surface area contributed by atoms with Crippen LogP contribution in [0.15, 0.2) is 48.5 Å². The minimum absolute atomic E-state index is 0.355. The van der Waals surface area contributed by atoms with Crippen molar-refractivity contribution >= 4 is 23.7 Å². The molecule has 2 rings (SSSR count). The highest BCUT2D eigenvalue weighted by Crippen LogP contribution is 2.21. The van der Waals surface area contributed by atoms with Crippen LogP contribution in [0.5, 0.6) is 0 Å². The first-order valence-electron chi connectivity index (χ1n) is 7.78. The van der Waals surface area contributed by atoms with Gasteiger partial charge in [-0.15, -0.1) is 0 Å². The number of hydrogen-bond acceptors (Lipinski definition) is 4. The van der Waals surface area contributed by atoms with Gasteiger partial charge >= 0.3 is 0 Å². The molecular weight excluding hydrogens is 302 g/mol. The van der Waals surface area contributed by atoms with Gasteiger partial charge in [0.2, 0.25) is 6.41 Å². The lowest BCUT2D eigenvalue weighted by molar-refractivity contribution is -0.106. The Kier molecular flexibility index (Phi) is 5.69. The standard InChI is InChI=1S/C19H19N3O2/c1-3-21(4-2)17-9-11-18(12-10-17)22(14-23)19(24)16-7-5-15(13-20)6-8-16/h5-12,14H,3-4H2,1-2H3. The van der Waals surface area contributed by atoms with Crippen molar-refractivity contribution in [2.45, 2.75) is 13.8 Å². The molecule has 0 saturated heterocycles. The monoisotopic (exact) mass is 321 g/mol. The van der Waals surface area contributed by atoms with Crippen LogP contribution in [0.25, 0.3) is 0 Å². The lowest BCUT2D eigenvalue weighted by Gasteiger charge is -2.22. The minimum atomic E-state index is -0.426. The van der Waals surface area contributed by atoms with Crippen LogP contribution in [0.1, 0.15) is 29.8 Å². The molecule has 0 unspecified atom stereocenters. The molecule has 2 amide bonds. The maximum absolute atomic E-state index is 12.5. The number of carbonyl (C=O) groups excluding carboxylic acids is 2. The summed E-state index contributed by atoms with van der Waals surface area (Å²) in [6.45, 7) is 5.92. The van der Waals surface area contributed by atoms with E-state index in [9.17, 15) is 9.59 Å². The summed E-state index contributed by atoms with van der Waals surface area (Å²) in [5.74, 6) is -0.426. The summed E-state index contributed by atoms with van der Waals surface area (Å²) in [7, 11) is 0. The third-order valence-electron chi connectivity index (χ3n) is 3.84. The van der Waals surface area contributed by atoms with E-state index in [2.05, 4.69) is 18.7 Å². The minimum Gasteiger partial charge on any atom is -0.372 e. The summed E-state index contributed by atoms with van der Waals surface area (Å²) in [6, 6.07) is 15.5. The molecule has 0 spiro atoms. The molecule has 2 aromatic carbocycles. The Bertz CT molecular complexity index is 742. The molecule has 5 heteroatoms. The maximum Gasteiger partial charge on any atom is 0.264 e. The Hall–Kier alpha value is -3.13. The second kappa shape index (κ2) is 7.93. The highest BCUT2D eigenvalue weighted by atomic mass is 16.2. The summed E-state index contributed by atoms with van der Waals surface area (Å²) in [6.07, 6.45) is 0.507. The molecule has 0 bridgehead atoms. The Balaban J connectivity index is 2.25. The van der Waals surface area contributed by atoms with Crippen molar-refractivity contribution in [1.82, 2.24) is 0 Å². The van der Waals surface area contributed by atoms with Gasteiger partial charge in [-0.2, -0.15) is 5.26 Å². The molecule has 24 heavy (non-hydrogen) atoms. The first-order chi connectivity index (χ1) is 11.6. The fraction of sp³-hybridized carbons (Fsp3) is 0.211. The first-order valence-corrected chi connectivity index (χ1v) is 7.78. The van der Waals surface area contributed by atoms with Crippen molar-refractivity contribution in [3.8, 4) is 6.07 Å². The van der Waals surface area contributed by atoms with Gasteiger partial charge < -0.3 is 4.90 Å². The number of rotatable bonds is 6. The van der Waals surface area contributed by atoms with E-state index in [-0.39, 0.29) is 0 Å². The van der Waals surface area contributed by atoms with Crippen LogP contribution >= 0.6 is 0 Å². The van der Waals surface area contributed by atoms with Crippen LogP contribution in [-0.4, -0.2) is 25.4 Å². The smallest absolute Gasteiger partial charge is 0.264 e. The number of benzene rings is 2. The number of amides is 2. The third-order valence-corrected chi connectivity index (χ3v) is 3.84. The number of anilines is 2. The molecule has 0 aliphatic carbocycles. The summed E-state index contributed by atoms with van der Waals surface area (Å²) in [5.41, 5.74) is 2.37. The quantitative estimate of drug-likeness (QED) is 0.766. The topological polar surface area (TPSA) is 64.4 Å². The van der Waals surface area contributed by atoms with E-state index in [1.54, 1.807) is 36.4 Å². The van der Waals surface area contributed by atoms with E-state index in [0.717, 1.165) is 23.7 Å². The van der Waals surface area contributed by atoms with Crippen molar-refractivity contribution in [1.29, 1.82) is 5.26 Å². The summed E-state index contributed by atoms with van der Waals surface area (Å²) in [5, 5.41) is 8.81. The van der Waals surface area contributed by atoms with Gasteiger partial charge in [-0.25, -0.2) is 4.90 Å². The normalized spacial score (nSPS) is 9.88. The summed E-state index contributed by atoms with van der Waals surface area (Å²) >= 11 is 0. The molecule has 122 valence electrons. The van der Waals surface area contributed by atoms with Gasteiger partial charge in [0, 0.05) is 24.3 Å². The maximum atomic E-state index is 12.5. The predicted molar refractivity (Wildman–Crippen MR) is 94.0 cm³/mol. The zero-order chi connectivity index (χ0) is 17.5. The average molecular weight is 321 g/mol. The Morgan fingerprint density at radius 1 is 1.00 bits per heavy atom. The third kappa shape index (κ3) is 3.61. The molecule has 0 fully saturated rings. The molecule has 0 aliphatic rings. The van der Waals surface area contributed by atoms with E-state index >= 15 is 0 Å². The summed E-state index contributed by atoms with van der Waals surface area (Å²) < 4.78 is 0. The zero-order valence-corrected chi connectivity index (χ0v) is 13.8. The van der Waals surface area contributed by atoms with Crippen LogP contribution in [0.4, 0.5) is 11.4 Å². The molecule has 0 radical (unpaired) electrons. The summed E-state index contributed by atoms with van der Waals surface area (Å²) in [4.78, 5) is 27.2. The molecule has 5 nitrogen and oxygen atoms in total. The van der Waals surface area contributed by atoms with Crippen LogP contribution in [0.2, 0.25) is 0 Å². The molecule has 0 heterocycles. The van der Waals surface area contributed by atoms with Crippen molar-refractivity contribution in [3.05, 3.63) is 59.7 Å². The Morgan fingerprint density at radius 2 is 1.54 bits per heavy atom. The second-order valence-electron chi connectivity index (χ2n) is 5.16. The van der Waals surface area contributed by atoms with Gasteiger partial charge in [0.1, 0.15) is 0 Å². The largest absolute Gasteiger partial charge is 0.372 e. The number of imide groups is 1. The van der Waals surface area contributed by atoms with Crippen molar-refractivity contribution < 1.29 is 9.59 Å². The Morgan fingerprint density at radius 3 is 2.00 bits per heavy atom. The molecule has 0 aromatic heterocycles. The van der Waals surface area contributed by atoms with E-state index < -0.39 is 5.91 Å². The van der Waals surface area contributed by atoms with Gasteiger partial charge in [0.05, 0.1) is 17.3 Å². The van der Waals surface area contributed by atoms with Crippen molar-refractivity contribution in [3.63, 3.8) is 0 Å². The Labute approximate surface area is 141 Å². The second-order valence-corrected chi connectivity index (χ2v) is 5.16. The zero-order valence-electron chi connectivity index (χ0n) is 13.8. The van der Waals surface area contributed by atoms with Gasteiger partial charge in [-0.3, -0.25) is 9.59 Å². The molecule has 0 N–H and O–H groups in total. The van der Waals surface area contributed by atoms with Crippen LogP contribution < -0.4 is 9.80 Å². The number of nitrogens with zero attached hydrogens (tertiary/aromatic N) is 3. The fourth-order valence-corrected chi connectivity index (χ4v) is 2.47. The van der Waals surface area contributed by atoms with E-state index in [1.165, 1.54) is 0 Å². The van der Waals surface area contributed by atoms with Crippen LogP contribution in [0, 0.1) is 11.3 Å². The van der Waals surface area contributed by atoms with Gasteiger partial charge in [0.25, 0.3) is 5.91 Å². The van der Waals surface area contributed by atoms with E-state index in [0.29, 0.717) is 23.2 Å². The molecule has 0 saturated carbocycles. The fourth-order valence-electron chi connectivity index (χ4n) is 2.47. The van der Waals surface area contributed by atoms with Crippen molar-refractivity contribution in [2.24, 2.45) is 0 Å². The predicted octanol–water partition coefficient (Wildman–Crippen LogP) is 3.21. The van der Waals surface area contributed by atoms with E-state index in [4.69, 9.17) is 5.26 Å². The number of hydrogen-bond donors (Lipinski definition) is 0. The highest BCUT2D eigenvalue weighted by molar-refractivity contribution is 6.15. The van der Waals surface area contributed by atoms with Gasteiger partial charge in [-0.1, -0.05) is 0 Å². The number of carbonyl (C=O) groups is 2. The first kappa shape index (κ1) is 17.2. The lowest BCUT2D eigenvalue weighted by atomic mass is 10.1. The molecule has 0 aliphatic heterocycles. The van der Waals surface area contributed by atoms with Crippen LogP contribution in [-0.2, 0) is 4.79 Å². The average Bonchev–Trinajstić information content (AvgIpc) is 2.64. The number of nitriles is 1.